The van der Waals surface area contributed by atoms with E-state index in [0.29, 0.717) is 0 Å². The minimum Gasteiger partial charge on any atom is -0.412 e. The lowest BCUT2D eigenvalue weighted by Gasteiger charge is -2.15. The first-order valence-electron chi connectivity index (χ1n) is 7.94. The average Bonchev–Trinajstić information content (AvgIpc) is 3.23. The molecule has 0 aromatic heterocycles. The zero-order valence-electron chi connectivity index (χ0n) is 13.5. The third-order valence-corrected chi connectivity index (χ3v) is 3.25. The molecule has 0 bridgehead atoms. The summed E-state index contributed by atoms with van der Waals surface area (Å²) in [6.07, 6.45) is 14.1. The summed E-state index contributed by atoms with van der Waals surface area (Å²) in [6.45, 7) is 10.2. The minimum absolute atomic E-state index is 0. The van der Waals surface area contributed by atoms with Crippen molar-refractivity contribution in [2.75, 3.05) is 13.2 Å². The lowest BCUT2D eigenvalue weighted by Crippen LogP contribution is -1.99. The second-order valence-electron chi connectivity index (χ2n) is 4.95. The van der Waals surface area contributed by atoms with E-state index in [9.17, 15) is 0 Å². The molecule has 0 atom stereocenters. The Morgan fingerprint density at radius 1 is 1.16 bits per heavy atom. The molecule has 0 spiro atoms. The van der Waals surface area contributed by atoms with E-state index in [-0.39, 0.29) is 5.48 Å². The molecule has 19 heavy (non-hydrogen) atoms. The van der Waals surface area contributed by atoms with E-state index in [2.05, 4.69) is 19.4 Å². The number of ether oxygens (including phenoxy) is 1. The van der Waals surface area contributed by atoms with Crippen molar-refractivity contribution in [3.63, 3.8) is 0 Å². The molecule has 1 fully saturated rings. The molecule has 115 valence electrons. The van der Waals surface area contributed by atoms with Crippen LogP contribution in [-0.4, -0.2) is 18.7 Å². The molecule has 1 saturated carbocycles. The Labute approximate surface area is 120 Å². The van der Waals surface area contributed by atoms with Crippen LogP contribution < -0.4 is 0 Å². The van der Waals surface area contributed by atoms with Crippen LogP contribution in [0.5, 0.6) is 0 Å². The maximum Gasteiger partial charge on any atom is 0.0468 e. The molecule has 0 unspecified atom stereocenters. The molecule has 2 nitrogen and oxygen atoms in total. The van der Waals surface area contributed by atoms with Gasteiger partial charge in [-0.05, 0) is 25.7 Å². The van der Waals surface area contributed by atoms with Gasteiger partial charge in [0.25, 0.3) is 0 Å². The van der Waals surface area contributed by atoms with Crippen LogP contribution in [0, 0.1) is 12.3 Å². The van der Waals surface area contributed by atoms with E-state index in [4.69, 9.17) is 4.74 Å². The van der Waals surface area contributed by atoms with E-state index in [1.807, 2.05) is 20.8 Å². The van der Waals surface area contributed by atoms with Crippen molar-refractivity contribution in [3.8, 4) is 0 Å². The van der Waals surface area contributed by atoms with Crippen LogP contribution in [0.2, 0.25) is 0 Å². The Hall–Kier alpha value is -0.340. The Bertz CT molecular complexity index is 193. The number of rotatable bonds is 5. The van der Waals surface area contributed by atoms with Crippen molar-refractivity contribution in [2.24, 2.45) is 5.92 Å². The van der Waals surface area contributed by atoms with Gasteiger partial charge in [0.15, 0.2) is 0 Å². The molecular formula is C17H35O2. The van der Waals surface area contributed by atoms with E-state index in [1.165, 1.54) is 50.5 Å². The Kier molecular flexibility index (Phi) is 17.3. The second-order valence-corrected chi connectivity index (χ2v) is 4.95. The maximum atomic E-state index is 5.17. The highest BCUT2D eigenvalue weighted by Gasteiger charge is 2.06. The van der Waals surface area contributed by atoms with Crippen molar-refractivity contribution in [3.05, 3.63) is 18.1 Å². The zero-order chi connectivity index (χ0) is 13.6. The fourth-order valence-corrected chi connectivity index (χ4v) is 2.05. The monoisotopic (exact) mass is 271 g/mol. The molecule has 0 aromatic rings. The number of hydrogen-bond acceptors (Lipinski definition) is 1. The van der Waals surface area contributed by atoms with Gasteiger partial charge >= 0.3 is 0 Å². The van der Waals surface area contributed by atoms with Crippen molar-refractivity contribution in [2.45, 2.75) is 72.6 Å². The predicted molar refractivity (Wildman–Crippen MR) is 85.3 cm³/mol. The van der Waals surface area contributed by atoms with E-state index in [0.717, 1.165) is 19.1 Å². The van der Waals surface area contributed by atoms with Crippen molar-refractivity contribution in [1.29, 1.82) is 0 Å². The first kappa shape index (κ1) is 21.0. The molecule has 0 amide bonds. The van der Waals surface area contributed by atoms with Gasteiger partial charge in [-0.1, -0.05) is 64.5 Å². The molecule has 2 aliphatic carbocycles. The smallest absolute Gasteiger partial charge is 0.0468 e. The standard InChI is InChI=1S/C8H13O.C7H14.C2H6.H2O/c1-2-9-7-3-4-8-5-6-8;1-7-5-3-2-4-6-7;1-2;/h5-6H,2-4,7H2,1H3;7H,2-6H2,1H3;1-2H3;1H2. The largest absolute Gasteiger partial charge is 0.412 e. The molecule has 2 rings (SSSR count). The average molecular weight is 271 g/mol. The topological polar surface area (TPSA) is 40.7 Å². The fourth-order valence-electron chi connectivity index (χ4n) is 2.05. The molecule has 2 heteroatoms. The molecule has 1 radical (unpaired) electrons. The lowest BCUT2D eigenvalue weighted by molar-refractivity contribution is 0.145. The summed E-state index contributed by atoms with van der Waals surface area (Å²) in [6, 6.07) is 0. The van der Waals surface area contributed by atoms with Gasteiger partial charge in [-0.3, -0.25) is 0 Å². The molecular weight excluding hydrogens is 236 g/mol. The second kappa shape index (κ2) is 15.7. The summed E-state index contributed by atoms with van der Waals surface area (Å²) < 4.78 is 5.17. The van der Waals surface area contributed by atoms with Crippen LogP contribution in [0.4, 0.5) is 0 Å². The predicted octanol–water partition coefficient (Wildman–Crippen LogP) is 4.74. The minimum atomic E-state index is 0. The highest BCUT2D eigenvalue weighted by molar-refractivity contribution is 5.38. The van der Waals surface area contributed by atoms with Gasteiger partial charge in [-0.25, -0.2) is 0 Å². The summed E-state index contributed by atoms with van der Waals surface area (Å²) in [5.74, 6) is 1.04. The van der Waals surface area contributed by atoms with Gasteiger partial charge in [0.05, 0.1) is 0 Å². The highest BCUT2D eigenvalue weighted by Crippen LogP contribution is 2.22. The molecule has 2 aliphatic rings. The maximum absolute atomic E-state index is 5.17. The van der Waals surface area contributed by atoms with Gasteiger partial charge in [0.2, 0.25) is 0 Å². The van der Waals surface area contributed by atoms with Crippen molar-refractivity contribution in [1.82, 2.24) is 0 Å². The lowest BCUT2D eigenvalue weighted by atomic mass is 9.91. The molecule has 2 N–H and O–H groups in total. The Morgan fingerprint density at radius 2 is 1.74 bits per heavy atom. The van der Waals surface area contributed by atoms with Gasteiger partial charge in [0, 0.05) is 19.6 Å². The molecule has 0 aliphatic heterocycles. The van der Waals surface area contributed by atoms with Crippen LogP contribution in [0.1, 0.15) is 72.6 Å². The van der Waals surface area contributed by atoms with Gasteiger partial charge in [0.1, 0.15) is 0 Å². The van der Waals surface area contributed by atoms with Gasteiger partial charge < -0.3 is 10.2 Å². The normalized spacial score (nSPS) is 16.9. The molecule has 0 saturated heterocycles. The summed E-state index contributed by atoms with van der Waals surface area (Å²) in [7, 11) is 0. The number of hydrogen-bond donors (Lipinski definition) is 0. The van der Waals surface area contributed by atoms with Crippen LogP contribution in [-0.2, 0) is 4.74 Å². The van der Waals surface area contributed by atoms with E-state index >= 15 is 0 Å². The number of allylic oxidation sites excluding steroid dienone is 2. The highest BCUT2D eigenvalue weighted by atomic mass is 16.5. The van der Waals surface area contributed by atoms with Crippen LogP contribution in [0.15, 0.2) is 11.6 Å². The summed E-state index contributed by atoms with van der Waals surface area (Å²) in [5.41, 5.74) is 1.50. The first-order chi connectivity index (χ1) is 8.83. The Morgan fingerprint density at radius 3 is 2.11 bits per heavy atom. The first-order valence-corrected chi connectivity index (χ1v) is 7.94. The molecule has 0 aromatic carbocycles. The van der Waals surface area contributed by atoms with Gasteiger partial charge in [-0.15, -0.1) is 0 Å². The van der Waals surface area contributed by atoms with Crippen LogP contribution in [0.25, 0.3) is 0 Å². The summed E-state index contributed by atoms with van der Waals surface area (Å²) in [4.78, 5) is 0. The molecule has 0 heterocycles. The fraction of sp³-hybridized carbons (Fsp3) is 0.824. The van der Waals surface area contributed by atoms with Crippen LogP contribution >= 0.6 is 0 Å². The van der Waals surface area contributed by atoms with Crippen LogP contribution in [0.3, 0.4) is 0 Å². The van der Waals surface area contributed by atoms with E-state index in [1.54, 1.807) is 0 Å². The Balaban J connectivity index is 0. The SMILES string of the molecule is CC.CC1CCCCC1.CCOCCCC1=C[CH]1.O. The van der Waals surface area contributed by atoms with E-state index < -0.39 is 0 Å². The van der Waals surface area contributed by atoms with Crippen molar-refractivity contribution < 1.29 is 10.2 Å². The zero-order valence-corrected chi connectivity index (χ0v) is 13.5. The van der Waals surface area contributed by atoms with Gasteiger partial charge in [-0.2, -0.15) is 0 Å². The third kappa shape index (κ3) is 15.6. The summed E-state index contributed by atoms with van der Waals surface area (Å²) in [5, 5.41) is 0. The van der Waals surface area contributed by atoms with Crippen molar-refractivity contribution >= 4 is 0 Å². The third-order valence-electron chi connectivity index (χ3n) is 3.25. The quantitative estimate of drug-likeness (QED) is 0.666. The summed E-state index contributed by atoms with van der Waals surface area (Å²) >= 11 is 0.